The van der Waals surface area contributed by atoms with Gasteiger partial charge in [0.2, 0.25) is 0 Å². The summed E-state index contributed by atoms with van der Waals surface area (Å²) in [5.41, 5.74) is 0. The first kappa shape index (κ1) is 34.2. The van der Waals surface area contributed by atoms with Crippen LogP contribution in [0.25, 0.3) is 0 Å². The van der Waals surface area contributed by atoms with Crippen molar-refractivity contribution in [3.63, 3.8) is 0 Å². The van der Waals surface area contributed by atoms with Gasteiger partial charge in [-0.2, -0.15) is 0 Å². The maximum absolute atomic E-state index is 9.77. The number of aliphatic carboxylic acids is 4. The van der Waals surface area contributed by atoms with E-state index < -0.39 is 48.3 Å². The van der Waals surface area contributed by atoms with E-state index in [1.807, 2.05) is 0 Å². The molecule has 8 N–H and O–H groups in total. The van der Waals surface area contributed by atoms with Gasteiger partial charge in [0.05, 0.1) is 11.9 Å². The average molecular weight is 469 g/mol. The van der Waals surface area contributed by atoms with Gasteiger partial charge in [-0.3, -0.25) is 0 Å². The molecular weight excluding hydrogens is 457 g/mol. The van der Waals surface area contributed by atoms with Gasteiger partial charge in [0.1, 0.15) is 12.2 Å². The number of hydrogen-bond donors (Lipinski definition) is 6. The number of aliphatic hydroxyl groups is 4. The Hall–Kier alpha value is -0.138. The van der Waals surface area contributed by atoms with Crippen LogP contribution in [0.4, 0.5) is 0 Å². The molecule has 4 atom stereocenters. The largest absolute Gasteiger partial charge is 2.00 e. The standard InChI is InChI=1S/2C4H6O6.Ca.Cd.H2O/c2*5-1(3(7)8)2(6)4(9)10;;;/h2*1-2,5-6H,(H,7,8)(H,9,10);;;1H2/q;;+2;;/p-2. The number of hydrogen-bond acceptors (Lipinski definition) is 10. The van der Waals surface area contributed by atoms with Gasteiger partial charge in [0.25, 0.3) is 0 Å². The van der Waals surface area contributed by atoms with Gasteiger partial charge in [-0.1, -0.05) is 0 Å². The van der Waals surface area contributed by atoms with Crippen molar-refractivity contribution in [3.8, 4) is 0 Å². The second-order valence-electron chi connectivity index (χ2n) is 3.09. The minimum Gasteiger partial charge on any atom is -0.547 e. The minimum absolute atomic E-state index is 0. The van der Waals surface area contributed by atoms with Crippen molar-refractivity contribution in [1.29, 1.82) is 0 Å². The Morgan fingerprint density at radius 1 is 0.652 bits per heavy atom. The third-order valence-corrected chi connectivity index (χ3v) is 1.59. The molecule has 0 bridgehead atoms. The van der Waals surface area contributed by atoms with Crippen LogP contribution in [0.1, 0.15) is 0 Å². The smallest absolute Gasteiger partial charge is 0.547 e. The van der Waals surface area contributed by atoms with Crippen molar-refractivity contribution in [2.24, 2.45) is 0 Å². The predicted octanol–water partition coefficient (Wildman–Crippen LogP) is -8.12. The zero-order chi connectivity index (χ0) is 16.6. The van der Waals surface area contributed by atoms with E-state index in [1.54, 1.807) is 0 Å². The number of rotatable bonds is 6. The molecule has 0 saturated heterocycles. The van der Waals surface area contributed by atoms with Crippen LogP contribution in [0.5, 0.6) is 0 Å². The van der Waals surface area contributed by atoms with Crippen LogP contribution >= 0.6 is 0 Å². The predicted molar refractivity (Wildman–Crippen MR) is 58.7 cm³/mol. The van der Waals surface area contributed by atoms with E-state index in [1.165, 1.54) is 0 Å². The van der Waals surface area contributed by atoms with E-state index in [-0.39, 0.29) is 70.5 Å². The molecular formula is C8H12CaCdO13. The monoisotopic (exact) mass is 470 g/mol. The number of carboxylic acids is 4. The van der Waals surface area contributed by atoms with E-state index in [0.717, 1.165) is 0 Å². The Kier molecular flexibility index (Phi) is 24.9. The zero-order valence-electron chi connectivity index (χ0n) is 11.4. The summed E-state index contributed by atoms with van der Waals surface area (Å²) in [4.78, 5) is 38.8. The molecule has 4 unspecified atom stereocenters. The SMILES string of the molecule is O.O=C(O)C(O)C(O)C(=O)O.O=C([O-])C(O)C(O)C(=O)[O-].[Ca+2].[Cd]. The first-order chi connectivity index (χ1) is 8.93. The second-order valence-corrected chi connectivity index (χ2v) is 3.09. The maximum atomic E-state index is 9.77. The Bertz CT molecular complexity index is 316. The molecule has 13 nitrogen and oxygen atoms in total. The van der Waals surface area contributed by atoms with Crippen LogP contribution in [0, 0.1) is 0 Å². The summed E-state index contributed by atoms with van der Waals surface area (Å²) >= 11 is 0. The number of carboxylic acid groups (broad SMARTS) is 4. The van der Waals surface area contributed by atoms with Crippen molar-refractivity contribution in [1.82, 2.24) is 0 Å². The molecule has 0 fully saturated rings. The molecule has 0 aromatic carbocycles. The summed E-state index contributed by atoms with van der Waals surface area (Å²) in [6, 6.07) is 0. The Labute approximate surface area is 177 Å². The molecule has 0 aromatic heterocycles. The zero-order valence-corrected chi connectivity index (χ0v) is 17.6. The van der Waals surface area contributed by atoms with E-state index in [2.05, 4.69) is 0 Å². The fraction of sp³-hybridized carbons (Fsp3) is 0.500. The molecule has 0 radical (unpaired) electrons. The summed E-state index contributed by atoms with van der Waals surface area (Å²) in [6.45, 7) is 0. The van der Waals surface area contributed by atoms with Gasteiger partial charge in [0.15, 0.2) is 12.2 Å². The Morgan fingerprint density at radius 2 is 0.826 bits per heavy atom. The Balaban J connectivity index is -0.0000000831. The quantitative estimate of drug-likeness (QED) is 0.198. The summed E-state index contributed by atoms with van der Waals surface area (Å²) in [6.07, 6.45) is -9.41. The van der Waals surface area contributed by atoms with Crippen molar-refractivity contribution < 1.29 is 92.8 Å². The second kappa shape index (κ2) is 16.7. The van der Waals surface area contributed by atoms with Crippen molar-refractivity contribution in [2.45, 2.75) is 24.4 Å². The van der Waals surface area contributed by atoms with Gasteiger partial charge in [-0.15, -0.1) is 0 Å². The molecule has 23 heavy (non-hydrogen) atoms. The van der Waals surface area contributed by atoms with Crippen LogP contribution in [0.3, 0.4) is 0 Å². The normalized spacial score (nSPS) is 13.7. The van der Waals surface area contributed by atoms with Crippen molar-refractivity contribution >= 4 is 61.6 Å². The van der Waals surface area contributed by atoms with E-state index >= 15 is 0 Å². The molecule has 0 aliphatic carbocycles. The molecule has 0 amide bonds. The molecule has 0 aliphatic rings. The van der Waals surface area contributed by atoms with Crippen LogP contribution < -0.4 is 10.2 Å². The molecule has 0 heterocycles. The number of carbonyl (C=O) groups excluding carboxylic acids is 2. The first-order valence-electron chi connectivity index (χ1n) is 4.53. The topological polar surface area (TPSA) is 267 Å². The van der Waals surface area contributed by atoms with E-state index in [9.17, 15) is 29.4 Å². The minimum atomic E-state index is -2.44. The van der Waals surface area contributed by atoms with Gasteiger partial charge in [-0.25, -0.2) is 9.59 Å². The first-order valence-corrected chi connectivity index (χ1v) is 4.53. The van der Waals surface area contributed by atoms with Crippen molar-refractivity contribution in [3.05, 3.63) is 0 Å². The molecule has 15 heteroatoms. The molecule has 126 valence electrons. The van der Waals surface area contributed by atoms with Crippen LogP contribution in [-0.2, 0) is 46.5 Å². The molecule has 0 rings (SSSR count). The van der Waals surface area contributed by atoms with Gasteiger partial charge >= 0.3 is 49.7 Å². The van der Waals surface area contributed by atoms with Crippen LogP contribution in [0.2, 0.25) is 0 Å². The third-order valence-electron chi connectivity index (χ3n) is 1.59. The fourth-order valence-corrected chi connectivity index (χ4v) is 0.528. The maximum Gasteiger partial charge on any atom is 2.00 e. The molecule has 0 spiro atoms. The third kappa shape index (κ3) is 15.1. The average Bonchev–Trinajstić information content (AvgIpc) is 2.35. The van der Waals surface area contributed by atoms with Crippen LogP contribution in [-0.4, -0.2) is 122 Å². The van der Waals surface area contributed by atoms with Crippen LogP contribution in [0.15, 0.2) is 0 Å². The summed E-state index contributed by atoms with van der Waals surface area (Å²) < 4.78 is 0. The summed E-state index contributed by atoms with van der Waals surface area (Å²) in [5, 5.41) is 68.3. The summed E-state index contributed by atoms with van der Waals surface area (Å²) in [7, 11) is 0. The van der Waals surface area contributed by atoms with Crippen molar-refractivity contribution in [2.75, 3.05) is 0 Å². The van der Waals surface area contributed by atoms with Gasteiger partial charge < -0.3 is 55.9 Å². The van der Waals surface area contributed by atoms with Gasteiger partial charge in [0, 0.05) is 27.3 Å². The summed E-state index contributed by atoms with van der Waals surface area (Å²) in [5.74, 6) is -7.65. The molecule has 0 aromatic rings. The molecule has 0 aliphatic heterocycles. The molecule has 0 saturated carbocycles. The Morgan fingerprint density at radius 3 is 0.913 bits per heavy atom. The van der Waals surface area contributed by atoms with E-state index in [0.29, 0.717) is 0 Å². The van der Waals surface area contributed by atoms with Gasteiger partial charge in [-0.05, 0) is 0 Å². The number of aliphatic hydroxyl groups excluding tert-OH is 4. The van der Waals surface area contributed by atoms with E-state index in [4.69, 9.17) is 30.6 Å². The fourth-order valence-electron chi connectivity index (χ4n) is 0.528. The number of carbonyl (C=O) groups is 4.